The van der Waals surface area contributed by atoms with Gasteiger partial charge in [-0.25, -0.2) is 4.39 Å². The molecule has 3 nitrogen and oxygen atoms in total. The number of aromatic nitrogens is 2. The second-order valence-electron chi connectivity index (χ2n) is 3.76. The van der Waals surface area contributed by atoms with Gasteiger partial charge in [0, 0.05) is 5.75 Å². The molecule has 0 saturated heterocycles. The first kappa shape index (κ1) is 15.0. The summed E-state index contributed by atoms with van der Waals surface area (Å²) in [6, 6.07) is 6.11. The van der Waals surface area contributed by atoms with Gasteiger partial charge in [0.25, 0.3) is 0 Å². The molecule has 2 rings (SSSR count). The molecule has 1 N–H and O–H groups in total. The molecule has 0 radical (unpaired) electrons. The molecule has 0 amide bonds. The minimum absolute atomic E-state index is 0.115. The smallest absolute Gasteiger partial charge is 0.351 e. The van der Waals surface area contributed by atoms with Crippen LogP contribution in [0.3, 0.4) is 0 Å². The fourth-order valence-corrected chi connectivity index (χ4v) is 2.98. The maximum atomic E-state index is 13.0. The van der Waals surface area contributed by atoms with E-state index >= 15 is 0 Å². The van der Waals surface area contributed by atoms with E-state index in [0.717, 1.165) is 16.9 Å². The second-order valence-corrected chi connectivity index (χ2v) is 5.96. The van der Waals surface area contributed by atoms with Crippen LogP contribution in [-0.4, -0.2) is 22.9 Å². The third kappa shape index (κ3) is 4.97. The third-order valence-corrected chi connectivity index (χ3v) is 4.18. The van der Waals surface area contributed by atoms with Crippen LogP contribution in [-0.2, 0) is 5.75 Å². The first-order valence-corrected chi connectivity index (χ1v) is 7.24. The summed E-state index contributed by atoms with van der Waals surface area (Å²) in [4.78, 5) is 0. The summed E-state index contributed by atoms with van der Waals surface area (Å²) in [6.07, 6.45) is -4.29. The van der Waals surface area contributed by atoms with Crippen LogP contribution >= 0.6 is 23.1 Å². The monoisotopic (exact) mass is 323 g/mol. The van der Waals surface area contributed by atoms with E-state index in [1.165, 1.54) is 23.9 Å². The van der Waals surface area contributed by atoms with Crippen molar-refractivity contribution >= 4 is 28.2 Å². The molecular formula is C11H9F4N3S2. The van der Waals surface area contributed by atoms with E-state index in [1.54, 1.807) is 12.1 Å². The second kappa shape index (κ2) is 6.40. The molecule has 0 aliphatic heterocycles. The lowest BCUT2D eigenvalue weighted by atomic mass is 10.2. The van der Waals surface area contributed by atoms with Gasteiger partial charge in [-0.15, -0.1) is 10.2 Å². The molecule has 1 aromatic carbocycles. The summed E-state index contributed by atoms with van der Waals surface area (Å²) in [5.41, 5.74) is 0.773. The standard InChI is InChI=1S/C11H9F4N3S2/c12-8-3-1-2-7(4-8)5-19-10-18-17-9(20-10)16-6-11(13,14)15/h1-4H,5-6H2,(H,16,17). The SMILES string of the molecule is Fc1cccc(CSc2nnc(NCC(F)(F)F)s2)c1. The Bertz CT molecular complexity index is 571. The zero-order valence-electron chi connectivity index (χ0n) is 9.95. The van der Waals surface area contributed by atoms with E-state index in [0.29, 0.717) is 10.1 Å². The first-order chi connectivity index (χ1) is 9.42. The van der Waals surface area contributed by atoms with Gasteiger partial charge < -0.3 is 5.32 Å². The number of hydrogen-bond acceptors (Lipinski definition) is 5. The van der Waals surface area contributed by atoms with Crippen LogP contribution < -0.4 is 5.32 Å². The summed E-state index contributed by atoms with van der Waals surface area (Å²) in [6.45, 7) is -1.14. The zero-order chi connectivity index (χ0) is 14.6. The van der Waals surface area contributed by atoms with Gasteiger partial charge in [0.05, 0.1) is 0 Å². The summed E-state index contributed by atoms with van der Waals surface area (Å²) < 4.78 is 49.5. The fraction of sp³-hybridized carbons (Fsp3) is 0.273. The van der Waals surface area contributed by atoms with Crippen LogP contribution in [0.15, 0.2) is 28.6 Å². The Morgan fingerprint density at radius 1 is 1.25 bits per heavy atom. The Morgan fingerprint density at radius 3 is 2.75 bits per heavy atom. The van der Waals surface area contributed by atoms with Crippen molar-refractivity contribution in [2.45, 2.75) is 16.3 Å². The number of halogens is 4. The van der Waals surface area contributed by atoms with Crippen LogP contribution in [0.4, 0.5) is 22.7 Å². The molecule has 0 bridgehead atoms. The predicted molar refractivity (Wildman–Crippen MR) is 70.4 cm³/mol. The summed E-state index contributed by atoms with van der Waals surface area (Å²) >= 11 is 2.33. The van der Waals surface area contributed by atoms with Gasteiger partial charge >= 0.3 is 6.18 Å². The van der Waals surface area contributed by atoms with Gasteiger partial charge in [-0.1, -0.05) is 35.2 Å². The highest BCUT2D eigenvalue weighted by Gasteiger charge is 2.27. The topological polar surface area (TPSA) is 37.8 Å². The largest absolute Gasteiger partial charge is 0.405 e. The van der Waals surface area contributed by atoms with Gasteiger partial charge in [-0.3, -0.25) is 0 Å². The van der Waals surface area contributed by atoms with Crippen LogP contribution in [0, 0.1) is 5.82 Å². The van der Waals surface area contributed by atoms with Gasteiger partial charge in [0.2, 0.25) is 5.13 Å². The van der Waals surface area contributed by atoms with E-state index in [1.807, 2.05) is 0 Å². The van der Waals surface area contributed by atoms with Gasteiger partial charge in [-0.05, 0) is 17.7 Å². The molecule has 0 aliphatic carbocycles. The summed E-state index contributed by atoms with van der Waals surface area (Å²) in [5, 5.41) is 9.65. The molecule has 0 atom stereocenters. The van der Waals surface area contributed by atoms with E-state index in [4.69, 9.17) is 0 Å². The Kier molecular flexibility index (Phi) is 4.81. The van der Waals surface area contributed by atoms with Crippen LogP contribution in [0.1, 0.15) is 5.56 Å². The van der Waals surface area contributed by atoms with Gasteiger partial charge in [0.15, 0.2) is 4.34 Å². The molecular weight excluding hydrogens is 314 g/mol. The van der Waals surface area contributed by atoms with Crippen LogP contribution in [0.2, 0.25) is 0 Å². The average molecular weight is 323 g/mol. The van der Waals surface area contributed by atoms with Gasteiger partial charge in [-0.2, -0.15) is 13.2 Å². The van der Waals surface area contributed by atoms with E-state index in [2.05, 4.69) is 15.5 Å². The van der Waals surface area contributed by atoms with E-state index < -0.39 is 12.7 Å². The Hall–Kier alpha value is -1.35. The van der Waals surface area contributed by atoms with Crippen LogP contribution in [0.25, 0.3) is 0 Å². The molecule has 1 heterocycles. The minimum Gasteiger partial charge on any atom is -0.351 e. The maximum Gasteiger partial charge on any atom is 0.405 e. The van der Waals surface area contributed by atoms with Crippen molar-refractivity contribution in [2.24, 2.45) is 0 Å². The Labute approximate surface area is 120 Å². The molecule has 1 aromatic heterocycles. The van der Waals surface area contributed by atoms with Crippen molar-refractivity contribution in [1.29, 1.82) is 0 Å². The van der Waals surface area contributed by atoms with Crippen molar-refractivity contribution < 1.29 is 17.6 Å². The molecule has 9 heteroatoms. The van der Waals surface area contributed by atoms with Crippen LogP contribution in [0.5, 0.6) is 0 Å². The quantitative estimate of drug-likeness (QED) is 0.668. The number of anilines is 1. The van der Waals surface area contributed by atoms with Crippen molar-refractivity contribution in [3.05, 3.63) is 35.6 Å². The lowest BCUT2D eigenvalue weighted by Gasteiger charge is -2.05. The average Bonchev–Trinajstić information content (AvgIpc) is 2.81. The molecule has 0 fully saturated rings. The highest BCUT2D eigenvalue weighted by molar-refractivity contribution is 8.00. The number of alkyl halides is 3. The highest BCUT2D eigenvalue weighted by Crippen LogP contribution is 2.29. The highest BCUT2D eigenvalue weighted by atomic mass is 32.2. The number of nitrogens with zero attached hydrogens (tertiary/aromatic N) is 2. The fourth-order valence-electron chi connectivity index (χ4n) is 1.29. The Balaban J connectivity index is 1.87. The van der Waals surface area contributed by atoms with E-state index in [9.17, 15) is 17.6 Å². The number of thioether (sulfide) groups is 1. The lowest BCUT2D eigenvalue weighted by Crippen LogP contribution is -2.21. The number of hydrogen-bond donors (Lipinski definition) is 1. The first-order valence-electron chi connectivity index (χ1n) is 5.44. The summed E-state index contributed by atoms with van der Waals surface area (Å²) in [7, 11) is 0. The number of nitrogens with one attached hydrogen (secondary N) is 1. The van der Waals surface area contributed by atoms with Crippen molar-refractivity contribution in [3.8, 4) is 0 Å². The Morgan fingerprint density at radius 2 is 2.05 bits per heavy atom. The van der Waals surface area contributed by atoms with Crippen molar-refractivity contribution in [1.82, 2.24) is 10.2 Å². The van der Waals surface area contributed by atoms with Crippen molar-refractivity contribution in [3.63, 3.8) is 0 Å². The number of rotatable bonds is 5. The molecule has 0 aliphatic rings. The van der Waals surface area contributed by atoms with E-state index in [-0.39, 0.29) is 10.9 Å². The molecule has 2 aromatic rings. The third-order valence-electron chi connectivity index (χ3n) is 2.10. The van der Waals surface area contributed by atoms with Gasteiger partial charge in [0.1, 0.15) is 12.4 Å². The normalized spacial score (nSPS) is 11.6. The predicted octanol–water partition coefficient (Wildman–Crippen LogP) is 3.94. The molecule has 20 heavy (non-hydrogen) atoms. The number of benzene rings is 1. The summed E-state index contributed by atoms with van der Waals surface area (Å²) in [5.74, 6) is 0.152. The molecule has 0 spiro atoms. The minimum atomic E-state index is -4.29. The maximum absolute atomic E-state index is 13.0. The molecule has 108 valence electrons. The van der Waals surface area contributed by atoms with Crippen molar-refractivity contribution in [2.75, 3.05) is 11.9 Å². The lowest BCUT2D eigenvalue weighted by molar-refractivity contribution is -0.115. The molecule has 0 saturated carbocycles. The molecule has 0 unspecified atom stereocenters. The zero-order valence-corrected chi connectivity index (χ0v) is 11.6.